The minimum atomic E-state index is -4.45. The lowest BCUT2D eigenvalue weighted by molar-refractivity contribution is -0.148. The second-order valence-corrected chi connectivity index (χ2v) is 8.10. The number of nitrogens with one attached hydrogen (secondary N) is 1. The number of hydrogen-bond acceptors (Lipinski definition) is 6. The minimum absolute atomic E-state index is 0.0637. The number of carbonyl (C=O) groups is 2. The molecule has 0 fully saturated rings. The third-order valence-corrected chi connectivity index (χ3v) is 5.73. The molecule has 2 N–H and O–H groups in total. The molecule has 1 unspecified atom stereocenters. The highest BCUT2D eigenvalue weighted by molar-refractivity contribution is 7.17. The van der Waals surface area contributed by atoms with E-state index in [-0.39, 0.29) is 19.6 Å². The Bertz CT molecular complexity index is 706. The molecule has 0 aliphatic heterocycles. The molecule has 0 saturated carbocycles. The highest BCUT2D eigenvalue weighted by atomic mass is 32.1. The SMILES string of the molecule is COC(=O)c1c(NC(=O)CN(CCCO)CC(F)(F)F)sc2c1CCC(C)C2. The monoisotopic (exact) mass is 422 g/mol. The highest BCUT2D eigenvalue weighted by Gasteiger charge is 2.32. The predicted octanol–water partition coefficient (Wildman–Crippen LogP) is 2.84. The first kappa shape index (κ1) is 22.6. The average Bonchev–Trinajstić information content (AvgIpc) is 2.94. The number of amides is 1. The van der Waals surface area contributed by atoms with Gasteiger partial charge in [0.15, 0.2) is 0 Å². The fourth-order valence-electron chi connectivity index (χ4n) is 3.29. The van der Waals surface area contributed by atoms with Gasteiger partial charge in [-0.25, -0.2) is 4.79 Å². The minimum Gasteiger partial charge on any atom is -0.465 e. The van der Waals surface area contributed by atoms with Gasteiger partial charge < -0.3 is 15.2 Å². The molecule has 1 aliphatic carbocycles. The van der Waals surface area contributed by atoms with Crippen LogP contribution in [0.4, 0.5) is 18.2 Å². The zero-order chi connectivity index (χ0) is 20.9. The second kappa shape index (κ2) is 9.71. The maximum atomic E-state index is 12.7. The summed E-state index contributed by atoms with van der Waals surface area (Å²) in [5.74, 6) is -0.741. The van der Waals surface area contributed by atoms with Gasteiger partial charge in [0.2, 0.25) is 5.91 Å². The summed E-state index contributed by atoms with van der Waals surface area (Å²) in [7, 11) is 1.25. The quantitative estimate of drug-likeness (QED) is 0.630. The van der Waals surface area contributed by atoms with Crippen molar-refractivity contribution in [3.05, 3.63) is 16.0 Å². The molecule has 0 saturated heterocycles. The maximum Gasteiger partial charge on any atom is 0.401 e. The molecule has 0 radical (unpaired) electrons. The normalized spacial score (nSPS) is 16.8. The average molecular weight is 422 g/mol. The predicted molar refractivity (Wildman–Crippen MR) is 99.7 cm³/mol. The van der Waals surface area contributed by atoms with E-state index >= 15 is 0 Å². The Balaban J connectivity index is 2.16. The van der Waals surface area contributed by atoms with Crippen molar-refractivity contribution in [2.24, 2.45) is 5.92 Å². The molecule has 2 rings (SSSR count). The van der Waals surface area contributed by atoms with Crippen molar-refractivity contribution in [1.29, 1.82) is 0 Å². The number of alkyl halides is 3. The lowest BCUT2D eigenvalue weighted by atomic mass is 9.88. The van der Waals surface area contributed by atoms with Crippen LogP contribution in [0.3, 0.4) is 0 Å². The van der Waals surface area contributed by atoms with Crippen LogP contribution in [0, 0.1) is 5.92 Å². The summed E-state index contributed by atoms with van der Waals surface area (Å²) in [5.41, 5.74) is 1.16. The number of aliphatic hydroxyl groups is 1. The molecular weight excluding hydrogens is 397 g/mol. The molecule has 6 nitrogen and oxygen atoms in total. The van der Waals surface area contributed by atoms with Crippen molar-refractivity contribution in [3.63, 3.8) is 0 Å². The van der Waals surface area contributed by atoms with Gasteiger partial charge in [-0.05, 0) is 37.2 Å². The van der Waals surface area contributed by atoms with E-state index in [1.54, 1.807) is 0 Å². The van der Waals surface area contributed by atoms with Crippen molar-refractivity contribution >= 4 is 28.2 Å². The van der Waals surface area contributed by atoms with Crippen molar-refractivity contribution in [2.45, 2.75) is 38.8 Å². The van der Waals surface area contributed by atoms with E-state index in [2.05, 4.69) is 12.2 Å². The summed E-state index contributed by atoms with van der Waals surface area (Å²) in [4.78, 5) is 26.5. The van der Waals surface area contributed by atoms with Crippen molar-refractivity contribution in [2.75, 3.05) is 38.7 Å². The number of nitrogens with zero attached hydrogens (tertiary/aromatic N) is 1. The van der Waals surface area contributed by atoms with E-state index in [0.717, 1.165) is 28.2 Å². The van der Waals surface area contributed by atoms with E-state index in [9.17, 15) is 22.8 Å². The van der Waals surface area contributed by atoms with Gasteiger partial charge in [-0.15, -0.1) is 11.3 Å². The summed E-state index contributed by atoms with van der Waals surface area (Å²) in [5, 5.41) is 11.8. The molecule has 0 spiro atoms. The number of esters is 1. The summed E-state index contributed by atoms with van der Waals surface area (Å²) in [6.45, 7) is 0.0424. The third-order valence-electron chi connectivity index (χ3n) is 4.56. The summed E-state index contributed by atoms with van der Waals surface area (Å²) < 4.78 is 43.0. The second-order valence-electron chi connectivity index (χ2n) is 7.00. The fourth-order valence-corrected chi connectivity index (χ4v) is 4.70. The fraction of sp³-hybridized carbons (Fsp3) is 0.667. The smallest absolute Gasteiger partial charge is 0.401 e. The zero-order valence-electron chi connectivity index (χ0n) is 15.9. The van der Waals surface area contributed by atoms with Gasteiger partial charge in [-0.3, -0.25) is 9.69 Å². The van der Waals surface area contributed by atoms with E-state index in [1.807, 2.05) is 0 Å². The van der Waals surface area contributed by atoms with Gasteiger partial charge in [0.05, 0.1) is 25.8 Å². The molecule has 1 heterocycles. The van der Waals surface area contributed by atoms with Crippen molar-refractivity contribution < 1.29 is 32.6 Å². The van der Waals surface area contributed by atoms with Gasteiger partial charge in [-0.1, -0.05) is 6.92 Å². The maximum absolute atomic E-state index is 12.7. The van der Waals surface area contributed by atoms with Gasteiger partial charge in [0.1, 0.15) is 5.00 Å². The van der Waals surface area contributed by atoms with Crippen molar-refractivity contribution in [1.82, 2.24) is 4.90 Å². The van der Waals surface area contributed by atoms with Crippen molar-refractivity contribution in [3.8, 4) is 0 Å². The van der Waals surface area contributed by atoms with Gasteiger partial charge in [0, 0.05) is 18.0 Å². The van der Waals surface area contributed by atoms with Crippen LogP contribution in [0.25, 0.3) is 0 Å². The highest BCUT2D eigenvalue weighted by Crippen LogP contribution is 2.40. The first-order chi connectivity index (χ1) is 13.1. The number of aliphatic hydroxyl groups excluding tert-OH is 1. The largest absolute Gasteiger partial charge is 0.465 e. The number of carbonyl (C=O) groups excluding carboxylic acids is 2. The van der Waals surface area contributed by atoms with Crippen LogP contribution in [0.15, 0.2) is 0 Å². The van der Waals surface area contributed by atoms with E-state index in [1.165, 1.54) is 18.4 Å². The van der Waals surface area contributed by atoms with Gasteiger partial charge in [-0.2, -0.15) is 13.2 Å². The van der Waals surface area contributed by atoms with E-state index < -0.39 is 31.1 Å². The molecule has 1 amide bonds. The molecule has 1 aromatic rings. The molecule has 1 atom stereocenters. The number of methoxy groups -OCH3 is 1. The molecule has 1 aliphatic rings. The Labute approximate surface area is 165 Å². The van der Waals surface area contributed by atoms with Gasteiger partial charge in [0.25, 0.3) is 0 Å². The first-order valence-corrected chi connectivity index (χ1v) is 9.89. The lowest BCUT2D eigenvalue weighted by Gasteiger charge is -2.22. The molecule has 158 valence electrons. The first-order valence-electron chi connectivity index (χ1n) is 9.07. The third kappa shape index (κ3) is 6.18. The van der Waals surface area contributed by atoms with Crippen LogP contribution in [0.1, 0.15) is 40.6 Å². The number of thiophene rings is 1. The van der Waals surface area contributed by atoms with Gasteiger partial charge >= 0.3 is 12.1 Å². The van der Waals surface area contributed by atoms with E-state index in [0.29, 0.717) is 22.9 Å². The van der Waals surface area contributed by atoms with Crippen LogP contribution >= 0.6 is 11.3 Å². The number of rotatable bonds is 8. The van der Waals surface area contributed by atoms with Crippen LogP contribution in [-0.4, -0.2) is 61.4 Å². The number of anilines is 1. The molecular formula is C18H25F3N2O4S. The Hall–Kier alpha value is -1.65. The number of halogens is 3. The zero-order valence-corrected chi connectivity index (χ0v) is 16.7. The molecule has 28 heavy (non-hydrogen) atoms. The summed E-state index contributed by atoms with van der Waals surface area (Å²) in [6, 6.07) is 0. The Kier molecular flexibility index (Phi) is 7.85. The molecule has 1 aromatic heterocycles. The topological polar surface area (TPSA) is 78.9 Å². The summed E-state index contributed by atoms with van der Waals surface area (Å²) >= 11 is 1.28. The lowest BCUT2D eigenvalue weighted by Crippen LogP contribution is -2.40. The van der Waals surface area contributed by atoms with E-state index in [4.69, 9.17) is 9.84 Å². The summed E-state index contributed by atoms with van der Waals surface area (Å²) in [6.07, 6.45) is -1.92. The number of hydrogen-bond donors (Lipinski definition) is 2. The van der Waals surface area contributed by atoms with Crippen LogP contribution in [0.5, 0.6) is 0 Å². The Morgan fingerprint density at radius 2 is 2.11 bits per heavy atom. The molecule has 10 heteroatoms. The molecule has 0 aromatic carbocycles. The Morgan fingerprint density at radius 1 is 1.39 bits per heavy atom. The Morgan fingerprint density at radius 3 is 2.71 bits per heavy atom. The van der Waals surface area contributed by atoms with Crippen LogP contribution < -0.4 is 5.32 Å². The van der Waals surface area contributed by atoms with Crippen LogP contribution in [0.2, 0.25) is 0 Å². The van der Waals surface area contributed by atoms with Crippen LogP contribution in [-0.2, 0) is 22.4 Å². The number of fused-ring (bicyclic) bond motifs is 1. The standard InChI is InChI=1S/C18H25F3N2O4S/c1-11-4-5-12-13(8-11)28-16(15(12)17(26)27-2)22-14(25)9-23(6-3-7-24)10-18(19,20)21/h11,24H,3-10H2,1-2H3,(H,22,25). The molecule has 0 bridgehead atoms. The number of ether oxygens (including phenoxy) is 1.